The van der Waals surface area contributed by atoms with Crippen LogP contribution in [0.1, 0.15) is 48.6 Å². The minimum absolute atomic E-state index is 0.347. The highest BCUT2D eigenvalue weighted by Gasteiger charge is 2.45. The van der Waals surface area contributed by atoms with E-state index in [2.05, 4.69) is 9.82 Å². The smallest absolute Gasteiger partial charge is 0.269 e. The number of nitrogens with zero attached hydrogens (tertiary/aromatic N) is 2. The zero-order valence-corrected chi connectivity index (χ0v) is 20.6. The summed E-state index contributed by atoms with van der Waals surface area (Å²) in [6, 6.07) is 13.6. The van der Waals surface area contributed by atoms with Crippen molar-refractivity contribution in [1.29, 1.82) is 0 Å². The molecule has 0 bridgehead atoms. The standard InChI is InChI=1S/C25H25F6N3O2S/c1-2-34-21(13-17-7-9-19(10-8-17)25(29,30)31)15-22(32-34)18-5-3-6-20(14-18)23(11-4-12-23)33-37(35,36)16-24(26,27)28/h3,5-10,14-15,33H,2,4,11-13,16H2,1H3. The van der Waals surface area contributed by atoms with E-state index in [0.29, 0.717) is 54.6 Å². The maximum absolute atomic E-state index is 12.9. The van der Waals surface area contributed by atoms with Crippen LogP contribution in [0.25, 0.3) is 11.3 Å². The second-order valence-corrected chi connectivity index (χ2v) is 10.9. The number of nitrogens with one attached hydrogen (secondary N) is 1. The first-order valence-corrected chi connectivity index (χ1v) is 13.3. The van der Waals surface area contributed by atoms with Crippen LogP contribution in [0.5, 0.6) is 0 Å². The highest BCUT2D eigenvalue weighted by Crippen LogP contribution is 2.43. The zero-order valence-electron chi connectivity index (χ0n) is 19.8. The van der Waals surface area contributed by atoms with E-state index in [0.717, 1.165) is 17.8 Å². The lowest BCUT2D eigenvalue weighted by molar-refractivity contribution is -0.137. The molecule has 5 nitrogen and oxygen atoms in total. The Morgan fingerprint density at radius 1 is 1.00 bits per heavy atom. The van der Waals surface area contributed by atoms with Crippen molar-refractivity contribution >= 4 is 10.0 Å². The van der Waals surface area contributed by atoms with Crippen molar-refractivity contribution in [3.63, 3.8) is 0 Å². The summed E-state index contributed by atoms with van der Waals surface area (Å²) in [5.41, 5.74) is 1.38. The summed E-state index contributed by atoms with van der Waals surface area (Å²) in [6.07, 6.45) is -7.51. The van der Waals surface area contributed by atoms with Crippen molar-refractivity contribution in [2.24, 2.45) is 0 Å². The van der Waals surface area contributed by atoms with Crippen molar-refractivity contribution in [2.45, 2.75) is 57.0 Å². The second-order valence-electron chi connectivity index (χ2n) is 9.20. The SMILES string of the molecule is CCn1nc(-c2cccc(C3(NS(=O)(=O)CC(F)(F)F)CCC3)c2)cc1Cc1ccc(C(F)(F)F)cc1. The third kappa shape index (κ3) is 6.35. The van der Waals surface area contributed by atoms with Crippen LogP contribution < -0.4 is 4.72 Å². The molecule has 0 radical (unpaired) electrons. The van der Waals surface area contributed by atoms with Gasteiger partial charge in [-0.2, -0.15) is 31.4 Å². The van der Waals surface area contributed by atoms with Crippen LogP contribution >= 0.6 is 0 Å². The zero-order chi connectivity index (χ0) is 27.1. The first-order chi connectivity index (χ1) is 17.2. The van der Waals surface area contributed by atoms with Crippen LogP contribution in [0.2, 0.25) is 0 Å². The first kappa shape index (κ1) is 27.2. The predicted octanol–water partition coefficient (Wildman–Crippen LogP) is 6.04. The summed E-state index contributed by atoms with van der Waals surface area (Å²) in [6.45, 7) is 2.39. The van der Waals surface area contributed by atoms with Crippen molar-refractivity contribution < 1.29 is 34.8 Å². The highest BCUT2D eigenvalue weighted by molar-refractivity contribution is 7.89. The van der Waals surface area contributed by atoms with Crippen molar-refractivity contribution in [3.8, 4) is 11.3 Å². The lowest BCUT2D eigenvalue weighted by atomic mass is 9.72. The van der Waals surface area contributed by atoms with E-state index in [1.54, 1.807) is 28.9 Å². The maximum Gasteiger partial charge on any atom is 0.416 e. The van der Waals surface area contributed by atoms with Crippen molar-refractivity contribution in [1.82, 2.24) is 14.5 Å². The van der Waals surface area contributed by atoms with Crippen LogP contribution in [0, 0.1) is 0 Å². The molecule has 1 aliphatic carbocycles. The highest BCUT2D eigenvalue weighted by atomic mass is 32.2. The van der Waals surface area contributed by atoms with Gasteiger partial charge in [0.2, 0.25) is 10.0 Å². The summed E-state index contributed by atoms with van der Waals surface area (Å²) >= 11 is 0. The van der Waals surface area contributed by atoms with Gasteiger partial charge in [-0.15, -0.1) is 0 Å². The lowest BCUT2D eigenvalue weighted by Crippen LogP contribution is -2.52. The molecule has 1 heterocycles. The number of alkyl halides is 6. The fourth-order valence-corrected chi connectivity index (χ4v) is 5.96. The average molecular weight is 546 g/mol. The number of hydrogen-bond acceptors (Lipinski definition) is 3. The summed E-state index contributed by atoms with van der Waals surface area (Å²) < 4.78 is 105. The number of benzene rings is 2. The topological polar surface area (TPSA) is 64.0 Å². The van der Waals surface area contributed by atoms with Gasteiger partial charge in [-0.1, -0.05) is 30.3 Å². The Labute approximate surface area is 210 Å². The van der Waals surface area contributed by atoms with Crippen LogP contribution in [0.3, 0.4) is 0 Å². The lowest BCUT2D eigenvalue weighted by Gasteiger charge is -2.43. The van der Waals surface area contributed by atoms with Gasteiger partial charge in [0.1, 0.15) is 0 Å². The third-order valence-corrected chi connectivity index (χ3v) is 7.86. The molecule has 3 aromatic rings. The van der Waals surface area contributed by atoms with Gasteiger partial charge >= 0.3 is 12.4 Å². The molecule has 1 aromatic heterocycles. The van der Waals surface area contributed by atoms with Crippen molar-refractivity contribution in [3.05, 3.63) is 77.0 Å². The third-order valence-electron chi connectivity index (χ3n) is 6.45. The Morgan fingerprint density at radius 2 is 1.68 bits per heavy atom. The minimum Gasteiger partial charge on any atom is -0.269 e. The molecule has 1 N–H and O–H groups in total. The van der Waals surface area contributed by atoms with Gasteiger partial charge in [0, 0.05) is 24.2 Å². The summed E-state index contributed by atoms with van der Waals surface area (Å²) in [5.74, 6) is -1.95. The summed E-state index contributed by atoms with van der Waals surface area (Å²) in [7, 11) is -4.60. The maximum atomic E-state index is 12.9. The van der Waals surface area contributed by atoms with E-state index >= 15 is 0 Å². The number of aromatic nitrogens is 2. The van der Waals surface area contributed by atoms with E-state index in [1.807, 2.05) is 13.0 Å². The molecular formula is C25H25F6N3O2S. The predicted molar refractivity (Wildman–Crippen MR) is 126 cm³/mol. The Bertz CT molecular complexity index is 1360. The molecule has 2 aromatic carbocycles. The number of sulfonamides is 1. The van der Waals surface area contributed by atoms with Gasteiger partial charge in [-0.05, 0) is 61.6 Å². The van der Waals surface area contributed by atoms with Gasteiger partial charge in [0.15, 0.2) is 5.75 Å². The number of halogens is 6. The van der Waals surface area contributed by atoms with Gasteiger partial charge in [-0.3, -0.25) is 4.68 Å². The number of hydrogen-bond donors (Lipinski definition) is 1. The first-order valence-electron chi connectivity index (χ1n) is 11.6. The molecule has 0 amide bonds. The summed E-state index contributed by atoms with van der Waals surface area (Å²) in [5, 5.41) is 4.59. The Hall–Kier alpha value is -2.86. The number of rotatable bonds is 8. The van der Waals surface area contributed by atoms with Gasteiger partial charge < -0.3 is 0 Å². The molecule has 0 saturated heterocycles. The van der Waals surface area contributed by atoms with Crippen LogP contribution in [-0.2, 0) is 34.7 Å². The van der Waals surface area contributed by atoms with E-state index in [9.17, 15) is 34.8 Å². The van der Waals surface area contributed by atoms with Crippen LogP contribution in [0.4, 0.5) is 26.3 Å². The van der Waals surface area contributed by atoms with Gasteiger partial charge in [0.25, 0.3) is 0 Å². The minimum atomic E-state index is -4.85. The monoisotopic (exact) mass is 545 g/mol. The normalized spacial score (nSPS) is 16.0. The largest absolute Gasteiger partial charge is 0.416 e. The molecule has 0 atom stereocenters. The van der Waals surface area contributed by atoms with E-state index in [1.165, 1.54) is 12.1 Å². The molecule has 200 valence electrons. The Kier molecular flexibility index (Phi) is 7.19. The molecule has 1 aliphatic rings. The van der Waals surface area contributed by atoms with Crippen molar-refractivity contribution in [2.75, 3.05) is 5.75 Å². The summed E-state index contributed by atoms with van der Waals surface area (Å²) in [4.78, 5) is 0. The molecule has 12 heteroatoms. The molecule has 1 saturated carbocycles. The quantitative estimate of drug-likeness (QED) is 0.351. The fourth-order valence-electron chi connectivity index (χ4n) is 4.54. The van der Waals surface area contributed by atoms with E-state index < -0.39 is 39.2 Å². The molecule has 0 spiro atoms. The average Bonchev–Trinajstić information content (AvgIpc) is 3.17. The van der Waals surface area contributed by atoms with E-state index in [4.69, 9.17) is 0 Å². The van der Waals surface area contributed by atoms with Gasteiger partial charge in [-0.25, -0.2) is 13.1 Å². The molecular weight excluding hydrogens is 520 g/mol. The second kappa shape index (κ2) is 9.79. The van der Waals surface area contributed by atoms with Crippen LogP contribution in [0.15, 0.2) is 54.6 Å². The Morgan fingerprint density at radius 3 is 2.22 bits per heavy atom. The van der Waals surface area contributed by atoms with Gasteiger partial charge in [0.05, 0.1) is 16.8 Å². The molecule has 1 fully saturated rings. The molecule has 0 aliphatic heterocycles. The fraction of sp³-hybridized carbons (Fsp3) is 0.400. The molecule has 4 rings (SSSR count). The Balaban J connectivity index is 1.60. The molecule has 0 unspecified atom stereocenters. The number of aryl methyl sites for hydroxylation is 1. The van der Waals surface area contributed by atoms with Crippen LogP contribution in [-0.4, -0.2) is 30.1 Å². The van der Waals surface area contributed by atoms with E-state index in [-0.39, 0.29) is 0 Å². The molecule has 37 heavy (non-hydrogen) atoms.